The van der Waals surface area contributed by atoms with Crippen molar-refractivity contribution < 1.29 is 24.2 Å². The fraction of sp³-hybridized carbons (Fsp3) is 0.125. The minimum absolute atomic E-state index is 0.0723. The van der Waals surface area contributed by atoms with Crippen LogP contribution in [-0.2, 0) is 0 Å². The highest BCUT2D eigenvalue weighted by Crippen LogP contribution is 2.28. The number of carboxylic acid groups (broad SMARTS) is 1. The molecule has 120 valence electrons. The van der Waals surface area contributed by atoms with Gasteiger partial charge in [-0.15, -0.1) is 0 Å². The average molecular weight is 400 g/mol. The highest BCUT2D eigenvalue weighted by atomic mass is 79.9. The molecule has 2 aromatic carbocycles. The number of esters is 1. The summed E-state index contributed by atoms with van der Waals surface area (Å²) in [7, 11) is 0. The maximum Gasteiger partial charge on any atom is 0.343 e. The number of hydrogen-bond donors (Lipinski definition) is 1. The predicted octanol–water partition coefficient (Wildman–Crippen LogP) is 4.42. The normalized spacial score (nSPS) is 10.2. The summed E-state index contributed by atoms with van der Waals surface area (Å²) in [6, 6.07) is 8.72. The molecule has 0 aromatic heterocycles. The van der Waals surface area contributed by atoms with E-state index in [0.29, 0.717) is 16.8 Å². The first kappa shape index (κ1) is 17.3. The molecule has 0 heterocycles. The Morgan fingerprint density at radius 2 is 1.87 bits per heavy atom. The lowest BCUT2D eigenvalue weighted by atomic mass is 10.2. The lowest BCUT2D eigenvalue weighted by Gasteiger charge is -2.10. The summed E-state index contributed by atoms with van der Waals surface area (Å²) in [5, 5.41) is 9.38. The zero-order valence-electron chi connectivity index (χ0n) is 12.0. The van der Waals surface area contributed by atoms with Gasteiger partial charge in [-0.3, -0.25) is 0 Å². The average Bonchev–Trinajstić information content (AvgIpc) is 2.51. The SMILES string of the molecule is CCOc1ccc(C(=O)Oc2ccc(Cl)cc2C(=O)O)cc1Br. The number of benzene rings is 2. The van der Waals surface area contributed by atoms with Crippen LogP contribution in [0, 0.1) is 0 Å². The highest BCUT2D eigenvalue weighted by molar-refractivity contribution is 9.10. The third kappa shape index (κ3) is 4.24. The van der Waals surface area contributed by atoms with Crippen LogP contribution in [0.5, 0.6) is 11.5 Å². The van der Waals surface area contributed by atoms with Gasteiger partial charge in [0.2, 0.25) is 0 Å². The fourth-order valence-electron chi connectivity index (χ4n) is 1.82. The number of carbonyl (C=O) groups excluding carboxylic acids is 1. The molecule has 1 N–H and O–H groups in total. The Balaban J connectivity index is 2.26. The van der Waals surface area contributed by atoms with Crippen molar-refractivity contribution in [3.8, 4) is 11.5 Å². The van der Waals surface area contributed by atoms with Gasteiger partial charge in [0.05, 0.1) is 16.6 Å². The van der Waals surface area contributed by atoms with E-state index in [0.717, 1.165) is 0 Å². The molecule has 0 aliphatic carbocycles. The van der Waals surface area contributed by atoms with E-state index in [9.17, 15) is 9.59 Å². The third-order valence-corrected chi connectivity index (χ3v) is 3.70. The summed E-state index contributed by atoms with van der Waals surface area (Å²) in [5.74, 6) is -1.39. The second kappa shape index (κ2) is 7.48. The first-order valence-corrected chi connectivity index (χ1v) is 7.77. The summed E-state index contributed by atoms with van der Waals surface area (Å²) >= 11 is 9.06. The first-order chi connectivity index (χ1) is 10.9. The number of ether oxygens (including phenoxy) is 2. The minimum atomic E-state index is -1.23. The summed E-state index contributed by atoms with van der Waals surface area (Å²) in [6.07, 6.45) is 0. The molecule has 7 heteroatoms. The van der Waals surface area contributed by atoms with E-state index < -0.39 is 11.9 Å². The second-order valence-corrected chi connectivity index (χ2v) is 5.70. The molecule has 0 spiro atoms. The van der Waals surface area contributed by atoms with E-state index in [1.165, 1.54) is 24.3 Å². The Hall–Kier alpha value is -2.05. The van der Waals surface area contributed by atoms with Crippen molar-refractivity contribution in [3.63, 3.8) is 0 Å². The molecule has 5 nitrogen and oxygen atoms in total. The molecule has 0 amide bonds. The number of halogens is 2. The number of carboxylic acids is 1. The van der Waals surface area contributed by atoms with Crippen molar-refractivity contribution in [2.45, 2.75) is 6.92 Å². The molecular weight excluding hydrogens is 388 g/mol. The van der Waals surface area contributed by atoms with Crippen LogP contribution in [0.2, 0.25) is 5.02 Å². The first-order valence-electron chi connectivity index (χ1n) is 6.59. The number of hydrogen-bond acceptors (Lipinski definition) is 4. The van der Waals surface area contributed by atoms with E-state index in [1.54, 1.807) is 12.1 Å². The standard InChI is InChI=1S/C16H12BrClO5/c1-2-22-14-5-3-9(7-12(14)17)16(21)23-13-6-4-10(18)8-11(13)15(19)20/h3-8H,2H2,1H3,(H,19,20). The van der Waals surface area contributed by atoms with Crippen LogP contribution >= 0.6 is 27.5 Å². The van der Waals surface area contributed by atoms with Crippen molar-refractivity contribution in [1.29, 1.82) is 0 Å². The summed E-state index contributed by atoms with van der Waals surface area (Å²) in [6.45, 7) is 2.34. The topological polar surface area (TPSA) is 72.8 Å². The van der Waals surface area contributed by atoms with E-state index in [2.05, 4.69) is 15.9 Å². The van der Waals surface area contributed by atoms with Crippen LogP contribution < -0.4 is 9.47 Å². The lowest BCUT2D eigenvalue weighted by molar-refractivity contribution is 0.0681. The minimum Gasteiger partial charge on any atom is -0.493 e. The quantitative estimate of drug-likeness (QED) is 0.595. The molecule has 0 fully saturated rings. The van der Waals surface area contributed by atoms with Crippen LogP contribution in [0.25, 0.3) is 0 Å². The van der Waals surface area contributed by atoms with E-state index in [1.807, 2.05) is 6.92 Å². The van der Waals surface area contributed by atoms with Crippen molar-refractivity contribution in [2.75, 3.05) is 6.61 Å². The van der Waals surface area contributed by atoms with Gasteiger partial charge < -0.3 is 14.6 Å². The van der Waals surface area contributed by atoms with Gasteiger partial charge in [0.25, 0.3) is 0 Å². The largest absolute Gasteiger partial charge is 0.493 e. The van der Waals surface area contributed by atoms with Crippen LogP contribution in [0.15, 0.2) is 40.9 Å². The maximum atomic E-state index is 12.2. The molecule has 0 radical (unpaired) electrons. The number of rotatable bonds is 5. The lowest BCUT2D eigenvalue weighted by Crippen LogP contribution is -2.11. The van der Waals surface area contributed by atoms with Crippen molar-refractivity contribution in [3.05, 3.63) is 57.0 Å². The van der Waals surface area contributed by atoms with Gasteiger partial charge in [0.1, 0.15) is 17.1 Å². The van der Waals surface area contributed by atoms with Crippen LogP contribution in [-0.4, -0.2) is 23.7 Å². The van der Waals surface area contributed by atoms with Gasteiger partial charge in [-0.05, 0) is 59.3 Å². The van der Waals surface area contributed by atoms with E-state index in [-0.39, 0.29) is 21.9 Å². The molecule has 0 unspecified atom stereocenters. The zero-order valence-corrected chi connectivity index (χ0v) is 14.3. The van der Waals surface area contributed by atoms with E-state index >= 15 is 0 Å². The second-order valence-electron chi connectivity index (χ2n) is 4.41. The van der Waals surface area contributed by atoms with Crippen LogP contribution in [0.4, 0.5) is 0 Å². The monoisotopic (exact) mass is 398 g/mol. The van der Waals surface area contributed by atoms with Crippen molar-refractivity contribution in [1.82, 2.24) is 0 Å². The number of aromatic carboxylic acids is 1. The Kier molecular flexibility index (Phi) is 5.63. The fourth-order valence-corrected chi connectivity index (χ4v) is 2.48. The van der Waals surface area contributed by atoms with Gasteiger partial charge in [0.15, 0.2) is 0 Å². The summed E-state index contributed by atoms with van der Waals surface area (Å²) in [5.41, 5.74) is 0.0717. The highest BCUT2D eigenvalue weighted by Gasteiger charge is 2.17. The molecule has 0 bridgehead atoms. The van der Waals surface area contributed by atoms with Gasteiger partial charge in [-0.25, -0.2) is 9.59 Å². The van der Waals surface area contributed by atoms with Crippen LogP contribution in [0.1, 0.15) is 27.6 Å². The molecule has 2 rings (SSSR count). The van der Waals surface area contributed by atoms with Crippen molar-refractivity contribution in [2.24, 2.45) is 0 Å². The van der Waals surface area contributed by atoms with Crippen LogP contribution in [0.3, 0.4) is 0 Å². The molecule has 0 saturated heterocycles. The Morgan fingerprint density at radius 1 is 1.17 bits per heavy atom. The molecule has 2 aromatic rings. The van der Waals surface area contributed by atoms with Gasteiger partial charge in [0, 0.05) is 5.02 Å². The van der Waals surface area contributed by atoms with Gasteiger partial charge in [-0.2, -0.15) is 0 Å². The molecular formula is C16H12BrClO5. The molecule has 0 atom stereocenters. The summed E-state index contributed by atoms with van der Waals surface area (Å²) < 4.78 is 11.1. The third-order valence-electron chi connectivity index (χ3n) is 2.84. The molecule has 23 heavy (non-hydrogen) atoms. The molecule has 0 aliphatic rings. The van der Waals surface area contributed by atoms with Gasteiger partial charge in [-0.1, -0.05) is 11.6 Å². The predicted molar refractivity (Wildman–Crippen MR) is 88.7 cm³/mol. The molecule has 0 aliphatic heterocycles. The summed E-state index contributed by atoms with van der Waals surface area (Å²) in [4.78, 5) is 23.4. The molecule has 0 saturated carbocycles. The van der Waals surface area contributed by atoms with E-state index in [4.69, 9.17) is 26.2 Å². The maximum absolute atomic E-state index is 12.2. The Bertz CT molecular complexity index is 760. The Morgan fingerprint density at radius 3 is 2.48 bits per heavy atom. The van der Waals surface area contributed by atoms with Gasteiger partial charge >= 0.3 is 11.9 Å². The number of carbonyl (C=O) groups is 2. The Labute approximate surface area is 145 Å². The van der Waals surface area contributed by atoms with Crippen molar-refractivity contribution >= 4 is 39.5 Å². The smallest absolute Gasteiger partial charge is 0.343 e. The zero-order chi connectivity index (χ0) is 17.0.